The summed E-state index contributed by atoms with van der Waals surface area (Å²) in [5, 5.41) is 12.0. The molecule has 1 aliphatic rings. The van der Waals surface area contributed by atoms with Crippen LogP contribution in [0.25, 0.3) is 0 Å². The summed E-state index contributed by atoms with van der Waals surface area (Å²) in [5.41, 5.74) is 0. The van der Waals surface area contributed by atoms with Gasteiger partial charge < -0.3 is 10.2 Å². The number of amides is 1. The van der Waals surface area contributed by atoms with Crippen LogP contribution in [0.3, 0.4) is 0 Å². The summed E-state index contributed by atoms with van der Waals surface area (Å²) in [5.74, 6) is 0.688. The Morgan fingerprint density at radius 3 is 2.94 bits per heavy atom. The van der Waals surface area contributed by atoms with Crippen LogP contribution in [-0.2, 0) is 4.79 Å². The maximum absolute atomic E-state index is 11.8. The molecule has 0 atom stereocenters. The van der Waals surface area contributed by atoms with E-state index < -0.39 is 0 Å². The number of aromatic nitrogens is 2. The normalized spacial score (nSPS) is 15.2. The highest BCUT2D eigenvalue weighted by Gasteiger charge is 2.18. The largest absolute Gasteiger partial charge is 0.360 e. The Kier molecular flexibility index (Phi) is 4.61. The van der Waals surface area contributed by atoms with E-state index in [1.165, 1.54) is 23.1 Å². The summed E-state index contributed by atoms with van der Waals surface area (Å²) in [7, 11) is 0. The molecule has 0 unspecified atom stereocenters. The number of likely N-dealkylation sites (tertiary alicyclic amines) is 1. The summed E-state index contributed by atoms with van der Waals surface area (Å²) < 4.78 is 0.855. The number of anilines is 1. The van der Waals surface area contributed by atoms with Crippen molar-refractivity contribution in [3.63, 3.8) is 0 Å². The molecule has 0 aromatic carbocycles. The molecule has 1 N–H and O–H groups in total. The fourth-order valence-electron chi connectivity index (χ4n) is 1.67. The minimum atomic E-state index is 0.215. The molecular weight excluding hydrogens is 256 g/mol. The molecule has 2 rings (SSSR count). The molecule has 2 heterocycles. The van der Waals surface area contributed by atoms with Gasteiger partial charge in [0.2, 0.25) is 11.0 Å². The van der Waals surface area contributed by atoms with Crippen LogP contribution < -0.4 is 5.32 Å². The van der Waals surface area contributed by atoms with Crippen molar-refractivity contribution in [2.75, 3.05) is 30.7 Å². The smallest absolute Gasteiger partial charge is 0.233 e. The number of carbonyl (C=O) groups is 1. The second-order valence-electron chi connectivity index (χ2n) is 3.78. The van der Waals surface area contributed by atoms with Gasteiger partial charge in [0.05, 0.1) is 5.75 Å². The highest BCUT2D eigenvalue weighted by Crippen LogP contribution is 2.25. The van der Waals surface area contributed by atoms with E-state index in [1.807, 2.05) is 11.8 Å². The van der Waals surface area contributed by atoms with Crippen molar-refractivity contribution >= 4 is 34.1 Å². The molecule has 0 saturated carbocycles. The minimum Gasteiger partial charge on any atom is -0.360 e. The number of carbonyl (C=O) groups excluding carboxylic acids is 1. The van der Waals surface area contributed by atoms with Gasteiger partial charge in [-0.3, -0.25) is 4.79 Å². The molecule has 7 heteroatoms. The molecule has 1 amide bonds. The summed E-state index contributed by atoms with van der Waals surface area (Å²) in [6.07, 6.45) is 2.28. The molecule has 0 bridgehead atoms. The number of nitrogens with zero attached hydrogens (tertiary/aromatic N) is 3. The highest BCUT2D eigenvalue weighted by atomic mass is 32.2. The molecule has 0 aliphatic carbocycles. The summed E-state index contributed by atoms with van der Waals surface area (Å²) in [6.45, 7) is 4.69. The van der Waals surface area contributed by atoms with E-state index in [9.17, 15) is 4.79 Å². The summed E-state index contributed by atoms with van der Waals surface area (Å²) in [6, 6.07) is 0. The van der Waals surface area contributed by atoms with Gasteiger partial charge in [0, 0.05) is 19.6 Å². The third-order valence-corrected chi connectivity index (χ3v) is 4.51. The van der Waals surface area contributed by atoms with Crippen molar-refractivity contribution in [2.45, 2.75) is 24.1 Å². The van der Waals surface area contributed by atoms with Gasteiger partial charge in [-0.2, -0.15) is 0 Å². The van der Waals surface area contributed by atoms with Crippen LogP contribution in [0.1, 0.15) is 19.8 Å². The lowest BCUT2D eigenvalue weighted by molar-refractivity contribution is -0.127. The van der Waals surface area contributed by atoms with Crippen molar-refractivity contribution in [1.29, 1.82) is 0 Å². The zero-order valence-electron chi connectivity index (χ0n) is 9.81. The lowest BCUT2D eigenvalue weighted by Gasteiger charge is -2.13. The molecule has 1 aliphatic heterocycles. The first-order chi connectivity index (χ1) is 8.29. The van der Waals surface area contributed by atoms with Crippen molar-refractivity contribution in [1.82, 2.24) is 15.1 Å². The monoisotopic (exact) mass is 272 g/mol. The molecular formula is C10H16N4OS2. The topological polar surface area (TPSA) is 58.1 Å². The Hall–Kier alpha value is -0.820. The Morgan fingerprint density at radius 1 is 1.47 bits per heavy atom. The van der Waals surface area contributed by atoms with Gasteiger partial charge in [-0.25, -0.2) is 0 Å². The number of thioether (sulfide) groups is 1. The van der Waals surface area contributed by atoms with E-state index in [4.69, 9.17) is 0 Å². The van der Waals surface area contributed by atoms with Gasteiger partial charge in [-0.05, 0) is 19.8 Å². The van der Waals surface area contributed by atoms with Crippen LogP contribution in [0.4, 0.5) is 5.13 Å². The van der Waals surface area contributed by atoms with Crippen molar-refractivity contribution in [3.05, 3.63) is 0 Å². The first-order valence-corrected chi connectivity index (χ1v) is 7.57. The third-order valence-electron chi connectivity index (χ3n) is 2.51. The fourth-order valence-corrected chi connectivity index (χ4v) is 3.39. The molecule has 1 saturated heterocycles. The van der Waals surface area contributed by atoms with Crippen LogP contribution in [0.5, 0.6) is 0 Å². The minimum absolute atomic E-state index is 0.215. The van der Waals surface area contributed by atoms with E-state index in [0.717, 1.165) is 41.9 Å². The van der Waals surface area contributed by atoms with E-state index in [0.29, 0.717) is 5.75 Å². The van der Waals surface area contributed by atoms with Crippen LogP contribution in [-0.4, -0.2) is 46.4 Å². The molecule has 94 valence electrons. The van der Waals surface area contributed by atoms with E-state index in [1.54, 1.807) is 0 Å². The van der Waals surface area contributed by atoms with Gasteiger partial charge in [-0.1, -0.05) is 23.1 Å². The summed E-state index contributed by atoms with van der Waals surface area (Å²) in [4.78, 5) is 13.7. The third kappa shape index (κ3) is 3.57. The van der Waals surface area contributed by atoms with Gasteiger partial charge in [0.25, 0.3) is 0 Å². The second kappa shape index (κ2) is 6.20. The van der Waals surface area contributed by atoms with E-state index in [2.05, 4.69) is 15.5 Å². The zero-order valence-corrected chi connectivity index (χ0v) is 11.4. The van der Waals surface area contributed by atoms with Gasteiger partial charge in [0.1, 0.15) is 0 Å². The quantitative estimate of drug-likeness (QED) is 0.827. The Labute approximate surface area is 109 Å². The number of hydrogen-bond acceptors (Lipinski definition) is 6. The molecule has 0 spiro atoms. The van der Waals surface area contributed by atoms with E-state index >= 15 is 0 Å². The van der Waals surface area contributed by atoms with Crippen LogP contribution in [0, 0.1) is 0 Å². The number of hydrogen-bond donors (Lipinski definition) is 1. The Balaban J connectivity index is 1.78. The maximum Gasteiger partial charge on any atom is 0.233 e. The van der Waals surface area contributed by atoms with Crippen LogP contribution in [0.2, 0.25) is 0 Å². The first kappa shape index (κ1) is 12.6. The zero-order chi connectivity index (χ0) is 12.1. The van der Waals surface area contributed by atoms with E-state index in [-0.39, 0.29) is 5.91 Å². The molecule has 1 aromatic rings. The van der Waals surface area contributed by atoms with Gasteiger partial charge in [0.15, 0.2) is 4.34 Å². The van der Waals surface area contributed by atoms with Crippen LogP contribution >= 0.6 is 23.1 Å². The average molecular weight is 272 g/mol. The highest BCUT2D eigenvalue weighted by molar-refractivity contribution is 8.01. The fraction of sp³-hybridized carbons (Fsp3) is 0.700. The molecule has 1 fully saturated rings. The molecule has 5 nitrogen and oxygen atoms in total. The number of rotatable bonds is 5. The second-order valence-corrected chi connectivity index (χ2v) is 5.98. The predicted molar refractivity (Wildman–Crippen MR) is 70.6 cm³/mol. The summed E-state index contributed by atoms with van der Waals surface area (Å²) >= 11 is 2.98. The van der Waals surface area contributed by atoms with Crippen molar-refractivity contribution in [3.8, 4) is 0 Å². The standard InChI is InChI=1S/C10H16N4OS2/c1-2-11-9-12-13-10(17-9)16-7-8(15)14-5-3-4-6-14/h2-7H2,1H3,(H,11,12). The van der Waals surface area contributed by atoms with Gasteiger partial charge in [-0.15, -0.1) is 10.2 Å². The van der Waals surface area contributed by atoms with Crippen molar-refractivity contribution < 1.29 is 4.79 Å². The van der Waals surface area contributed by atoms with Gasteiger partial charge >= 0.3 is 0 Å². The van der Waals surface area contributed by atoms with Crippen molar-refractivity contribution in [2.24, 2.45) is 0 Å². The SMILES string of the molecule is CCNc1nnc(SCC(=O)N2CCCC2)s1. The molecule has 1 aromatic heterocycles. The lowest BCUT2D eigenvalue weighted by atomic mass is 10.4. The first-order valence-electron chi connectivity index (χ1n) is 5.77. The maximum atomic E-state index is 11.8. The predicted octanol–water partition coefficient (Wildman–Crippen LogP) is 1.68. The lowest BCUT2D eigenvalue weighted by Crippen LogP contribution is -2.29. The van der Waals surface area contributed by atoms with Crippen LogP contribution in [0.15, 0.2) is 4.34 Å². The molecule has 0 radical (unpaired) electrons. The Morgan fingerprint density at radius 2 is 2.24 bits per heavy atom. The Bertz CT molecular complexity index is 376. The molecule has 17 heavy (non-hydrogen) atoms. The average Bonchev–Trinajstić information content (AvgIpc) is 2.97. The number of nitrogens with one attached hydrogen (secondary N) is 1.